The Morgan fingerprint density at radius 2 is 2.11 bits per heavy atom. The standard InChI is InChI=1S/C14H20N4S/c1-3-8-15-13(9-19-14-16-10-17-18-14)12-6-4-11(2)5-7-12/h4-7,10,13,15H,3,8-9H2,1-2H3,(H,16,17,18). The Morgan fingerprint density at radius 3 is 2.74 bits per heavy atom. The maximum atomic E-state index is 4.14. The Hall–Kier alpha value is -1.33. The number of H-pyrrole nitrogens is 1. The molecule has 0 spiro atoms. The van der Waals surface area contributed by atoms with E-state index < -0.39 is 0 Å². The van der Waals surface area contributed by atoms with Crippen LogP contribution in [0.4, 0.5) is 0 Å². The lowest BCUT2D eigenvalue weighted by Crippen LogP contribution is -2.24. The molecule has 0 saturated carbocycles. The van der Waals surface area contributed by atoms with E-state index in [0.717, 1.165) is 23.9 Å². The third-order valence-corrected chi connectivity index (χ3v) is 3.87. The molecule has 0 amide bonds. The molecule has 1 aromatic carbocycles. The first-order valence-electron chi connectivity index (χ1n) is 6.57. The molecule has 1 unspecified atom stereocenters. The second-order valence-electron chi connectivity index (χ2n) is 4.52. The molecule has 1 heterocycles. The third-order valence-electron chi connectivity index (χ3n) is 2.90. The van der Waals surface area contributed by atoms with Crippen molar-refractivity contribution in [2.24, 2.45) is 0 Å². The van der Waals surface area contributed by atoms with Crippen molar-refractivity contribution < 1.29 is 0 Å². The van der Waals surface area contributed by atoms with E-state index in [4.69, 9.17) is 0 Å². The van der Waals surface area contributed by atoms with Crippen LogP contribution < -0.4 is 5.32 Å². The summed E-state index contributed by atoms with van der Waals surface area (Å²) in [5.41, 5.74) is 2.62. The number of nitrogens with one attached hydrogen (secondary N) is 2. The summed E-state index contributed by atoms with van der Waals surface area (Å²) in [6.45, 7) is 5.32. The van der Waals surface area contributed by atoms with E-state index in [1.165, 1.54) is 11.1 Å². The number of rotatable bonds is 7. The van der Waals surface area contributed by atoms with Gasteiger partial charge in [-0.2, -0.15) is 5.10 Å². The predicted octanol–water partition coefficient (Wildman–Crippen LogP) is 2.95. The van der Waals surface area contributed by atoms with Crippen molar-refractivity contribution in [3.63, 3.8) is 0 Å². The molecular formula is C14H20N4S. The quantitative estimate of drug-likeness (QED) is 0.763. The topological polar surface area (TPSA) is 53.6 Å². The van der Waals surface area contributed by atoms with Gasteiger partial charge in [-0.3, -0.25) is 5.10 Å². The number of aromatic nitrogens is 3. The normalized spacial score (nSPS) is 12.5. The SMILES string of the molecule is CCCNC(CSc1ncn[nH]1)c1ccc(C)cc1. The molecule has 2 N–H and O–H groups in total. The van der Waals surface area contributed by atoms with Gasteiger partial charge in [0.05, 0.1) is 0 Å². The number of hydrogen-bond acceptors (Lipinski definition) is 4. The summed E-state index contributed by atoms with van der Waals surface area (Å²) in [7, 11) is 0. The van der Waals surface area contributed by atoms with Gasteiger partial charge in [-0.15, -0.1) is 0 Å². The van der Waals surface area contributed by atoms with Crippen LogP contribution in [0.25, 0.3) is 0 Å². The summed E-state index contributed by atoms with van der Waals surface area (Å²) in [5.74, 6) is 0.943. The van der Waals surface area contributed by atoms with E-state index in [2.05, 4.69) is 58.6 Å². The van der Waals surface area contributed by atoms with Crippen molar-refractivity contribution in [3.8, 4) is 0 Å². The zero-order valence-corrected chi connectivity index (χ0v) is 12.2. The monoisotopic (exact) mass is 276 g/mol. The Labute approximate surface area is 118 Å². The smallest absolute Gasteiger partial charge is 0.183 e. The Balaban J connectivity index is 2.00. The highest BCUT2D eigenvalue weighted by molar-refractivity contribution is 7.99. The van der Waals surface area contributed by atoms with Crippen LogP contribution in [0.1, 0.15) is 30.5 Å². The van der Waals surface area contributed by atoms with Crippen molar-refractivity contribution in [1.29, 1.82) is 0 Å². The van der Waals surface area contributed by atoms with Gasteiger partial charge in [-0.05, 0) is 25.5 Å². The van der Waals surface area contributed by atoms with Crippen LogP contribution >= 0.6 is 11.8 Å². The number of aryl methyl sites for hydroxylation is 1. The van der Waals surface area contributed by atoms with E-state index in [-0.39, 0.29) is 0 Å². The van der Waals surface area contributed by atoms with Crippen LogP contribution in [0.5, 0.6) is 0 Å². The molecule has 0 bridgehead atoms. The van der Waals surface area contributed by atoms with Gasteiger partial charge >= 0.3 is 0 Å². The van der Waals surface area contributed by atoms with Gasteiger partial charge in [-0.25, -0.2) is 4.98 Å². The van der Waals surface area contributed by atoms with Crippen LogP contribution in [0, 0.1) is 6.92 Å². The minimum Gasteiger partial charge on any atom is -0.309 e. The molecule has 0 fully saturated rings. The lowest BCUT2D eigenvalue weighted by Gasteiger charge is -2.18. The minimum atomic E-state index is 0.343. The molecular weight excluding hydrogens is 256 g/mol. The summed E-state index contributed by atoms with van der Waals surface area (Å²) in [6.07, 6.45) is 2.68. The predicted molar refractivity (Wildman–Crippen MR) is 79.3 cm³/mol. The maximum Gasteiger partial charge on any atom is 0.183 e. The van der Waals surface area contributed by atoms with Crippen LogP contribution in [-0.2, 0) is 0 Å². The van der Waals surface area contributed by atoms with Crippen LogP contribution in [0.3, 0.4) is 0 Å². The third kappa shape index (κ3) is 4.36. The van der Waals surface area contributed by atoms with Gasteiger partial charge in [0.15, 0.2) is 5.16 Å². The zero-order chi connectivity index (χ0) is 13.5. The summed E-state index contributed by atoms with van der Waals surface area (Å²) in [6, 6.07) is 9.06. The second kappa shape index (κ2) is 7.31. The zero-order valence-electron chi connectivity index (χ0n) is 11.4. The lowest BCUT2D eigenvalue weighted by atomic mass is 10.1. The molecule has 1 aromatic heterocycles. The van der Waals surface area contributed by atoms with Crippen LogP contribution in [-0.4, -0.2) is 27.5 Å². The van der Waals surface area contributed by atoms with Crippen LogP contribution in [0.2, 0.25) is 0 Å². The Bertz CT molecular complexity index is 467. The van der Waals surface area contributed by atoms with Gasteiger partial charge in [0, 0.05) is 11.8 Å². The molecule has 0 aliphatic carbocycles. The highest BCUT2D eigenvalue weighted by Gasteiger charge is 2.11. The first-order chi connectivity index (χ1) is 9.29. The van der Waals surface area contributed by atoms with E-state index in [9.17, 15) is 0 Å². The molecule has 2 rings (SSSR count). The average molecular weight is 276 g/mol. The maximum absolute atomic E-state index is 4.14. The molecule has 102 valence electrons. The van der Waals surface area contributed by atoms with Gasteiger partial charge in [-0.1, -0.05) is 48.5 Å². The first-order valence-corrected chi connectivity index (χ1v) is 7.56. The van der Waals surface area contributed by atoms with Crippen molar-refractivity contribution in [2.45, 2.75) is 31.5 Å². The molecule has 1 atom stereocenters. The number of benzene rings is 1. The Morgan fingerprint density at radius 1 is 1.32 bits per heavy atom. The van der Waals surface area contributed by atoms with E-state index in [0.29, 0.717) is 6.04 Å². The number of nitrogens with zero attached hydrogens (tertiary/aromatic N) is 2. The molecule has 0 aliphatic rings. The van der Waals surface area contributed by atoms with Crippen molar-refractivity contribution in [1.82, 2.24) is 20.5 Å². The van der Waals surface area contributed by atoms with Crippen LogP contribution in [0.15, 0.2) is 35.7 Å². The summed E-state index contributed by atoms with van der Waals surface area (Å²) in [4.78, 5) is 4.14. The summed E-state index contributed by atoms with van der Waals surface area (Å²) < 4.78 is 0. The molecule has 0 radical (unpaired) electrons. The molecule has 0 aliphatic heterocycles. The van der Waals surface area contributed by atoms with E-state index in [1.54, 1.807) is 18.1 Å². The number of aromatic amines is 1. The minimum absolute atomic E-state index is 0.343. The number of hydrogen-bond donors (Lipinski definition) is 2. The van der Waals surface area contributed by atoms with E-state index >= 15 is 0 Å². The molecule has 5 heteroatoms. The fourth-order valence-corrected chi connectivity index (χ4v) is 2.69. The highest BCUT2D eigenvalue weighted by Crippen LogP contribution is 2.22. The van der Waals surface area contributed by atoms with Crippen molar-refractivity contribution in [2.75, 3.05) is 12.3 Å². The first kappa shape index (κ1) is 14.1. The highest BCUT2D eigenvalue weighted by atomic mass is 32.2. The Kier molecular flexibility index (Phi) is 5.42. The number of thioether (sulfide) groups is 1. The van der Waals surface area contributed by atoms with Gasteiger partial charge in [0.25, 0.3) is 0 Å². The van der Waals surface area contributed by atoms with Gasteiger partial charge in [0.1, 0.15) is 6.33 Å². The van der Waals surface area contributed by atoms with Crippen molar-refractivity contribution in [3.05, 3.63) is 41.7 Å². The average Bonchev–Trinajstić information content (AvgIpc) is 2.93. The fraction of sp³-hybridized carbons (Fsp3) is 0.429. The van der Waals surface area contributed by atoms with Crippen molar-refractivity contribution >= 4 is 11.8 Å². The van der Waals surface area contributed by atoms with E-state index in [1.807, 2.05) is 0 Å². The molecule has 0 saturated heterocycles. The lowest BCUT2D eigenvalue weighted by molar-refractivity contribution is 0.577. The van der Waals surface area contributed by atoms with Gasteiger partial charge < -0.3 is 5.32 Å². The largest absolute Gasteiger partial charge is 0.309 e. The second-order valence-corrected chi connectivity index (χ2v) is 5.53. The summed E-state index contributed by atoms with van der Waals surface area (Å²) in [5, 5.41) is 11.2. The summed E-state index contributed by atoms with van der Waals surface area (Å²) >= 11 is 1.69. The molecule has 19 heavy (non-hydrogen) atoms. The molecule has 2 aromatic rings. The fourth-order valence-electron chi connectivity index (χ4n) is 1.82. The van der Waals surface area contributed by atoms with Gasteiger partial charge in [0.2, 0.25) is 0 Å². The molecule has 4 nitrogen and oxygen atoms in total.